The van der Waals surface area contributed by atoms with Gasteiger partial charge in [0.05, 0.1) is 12.1 Å². The van der Waals surface area contributed by atoms with E-state index in [0.29, 0.717) is 17.1 Å². The number of aliphatic imine (C=N–C) groups is 1. The molecule has 4 rings (SSSR count). The van der Waals surface area contributed by atoms with Gasteiger partial charge in [0, 0.05) is 62.2 Å². The van der Waals surface area contributed by atoms with Crippen molar-refractivity contribution in [2.45, 2.75) is 97.1 Å². The molecule has 0 aromatic carbocycles. The van der Waals surface area contributed by atoms with Gasteiger partial charge in [0.25, 0.3) is 6.43 Å². The van der Waals surface area contributed by atoms with Gasteiger partial charge in [-0.25, -0.2) is 8.78 Å². The molecule has 2 fully saturated rings. The predicted molar refractivity (Wildman–Crippen MR) is 162 cm³/mol. The summed E-state index contributed by atoms with van der Waals surface area (Å²) in [6.07, 6.45) is 14.5. The fourth-order valence-electron chi connectivity index (χ4n) is 6.45. The quantitative estimate of drug-likeness (QED) is 0.138. The molecule has 1 aromatic heterocycles. The topological polar surface area (TPSA) is 48.7 Å². The lowest BCUT2D eigenvalue weighted by Crippen LogP contribution is -2.47. The van der Waals surface area contributed by atoms with Crippen LogP contribution in [-0.2, 0) is 0 Å². The zero-order valence-electron chi connectivity index (χ0n) is 24.9. The van der Waals surface area contributed by atoms with E-state index in [2.05, 4.69) is 52.8 Å². The number of halogens is 2. The van der Waals surface area contributed by atoms with Crippen molar-refractivity contribution in [1.82, 2.24) is 24.9 Å². The number of amidine groups is 1. The summed E-state index contributed by atoms with van der Waals surface area (Å²) < 4.78 is 30.3. The van der Waals surface area contributed by atoms with Crippen molar-refractivity contribution in [3.8, 4) is 0 Å². The minimum atomic E-state index is -2.65. The second-order valence-corrected chi connectivity index (χ2v) is 11.7. The van der Waals surface area contributed by atoms with Gasteiger partial charge in [-0.2, -0.15) is 5.10 Å². The van der Waals surface area contributed by atoms with Crippen molar-refractivity contribution in [3.63, 3.8) is 0 Å². The Labute approximate surface area is 240 Å². The minimum absolute atomic E-state index is 0.156. The van der Waals surface area contributed by atoms with Crippen LogP contribution in [0.25, 0.3) is 5.57 Å². The normalized spacial score (nSPS) is 25.8. The summed E-state index contributed by atoms with van der Waals surface area (Å²) >= 11 is 0. The minimum Gasteiger partial charge on any atom is -0.347 e. The fourth-order valence-corrected chi connectivity index (χ4v) is 6.45. The number of allylic oxidation sites excluding steroid dienone is 4. The maximum atomic E-state index is 14.2. The zero-order chi connectivity index (χ0) is 28.5. The number of likely N-dealkylation sites (N-methyl/N-ethyl adjacent to an activating group) is 1. The molecule has 0 spiro atoms. The third-order valence-corrected chi connectivity index (χ3v) is 8.85. The van der Waals surface area contributed by atoms with E-state index in [9.17, 15) is 8.78 Å². The van der Waals surface area contributed by atoms with Gasteiger partial charge in [0.2, 0.25) is 0 Å². The SMILES string of the molecule is C=C/C(=C(\C)NC(CCC)=NC1C=CCCC1)c1cn(C2CCC(CN3CCN(CC)CC3)CC2)nc1C(F)F. The van der Waals surface area contributed by atoms with E-state index in [-0.39, 0.29) is 17.8 Å². The summed E-state index contributed by atoms with van der Waals surface area (Å²) in [4.78, 5) is 10.1. The number of aromatic nitrogens is 2. The van der Waals surface area contributed by atoms with Crippen LogP contribution in [-0.4, -0.2) is 70.7 Å². The van der Waals surface area contributed by atoms with Crippen molar-refractivity contribution in [2.24, 2.45) is 10.9 Å². The highest BCUT2D eigenvalue weighted by molar-refractivity contribution is 5.87. The Morgan fingerprint density at radius 1 is 1.12 bits per heavy atom. The Kier molecular flexibility index (Phi) is 11.5. The molecular weight excluding hydrogens is 506 g/mol. The van der Waals surface area contributed by atoms with E-state index >= 15 is 0 Å². The van der Waals surface area contributed by atoms with Crippen LogP contribution < -0.4 is 5.32 Å². The molecule has 1 aliphatic heterocycles. The highest BCUT2D eigenvalue weighted by atomic mass is 19.3. The van der Waals surface area contributed by atoms with Crippen LogP contribution in [0.2, 0.25) is 0 Å². The first-order valence-electron chi connectivity index (χ1n) is 15.6. The maximum Gasteiger partial charge on any atom is 0.282 e. The molecule has 2 heterocycles. The molecular formula is C32H50F2N6. The molecule has 0 amide bonds. The van der Waals surface area contributed by atoms with Gasteiger partial charge in [-0.15, -0.1) is 0 Å². The monoisotopic (exact) mass is 556 g/mol. The first kappa shape index (κ1) is 30.6. The smallest absolute Gasteiger partial charge is 0.282 e. The average Bonchev–Trinajstić information content (AvgIpc) is 3.40. The summed E-state index contributed by atoms with van der Waals surface area (Å²) in [5.41, 5.74) is 1.77. The lowest BCUT2D eigenvalue weighted by Gasteiger charge is -2.37. The second-order valence-electron chi connectivity index (χ2n) is 11.7. The van der Waals surface area contributed by atoms with E-state index < -0.39 is 6.43 Å². The molecule has 1 aromatic rings. The lowest BCUT2D eigenvalue weighted by atomic mass is 9.85. The number of rotatable bonds is 11. The Balaban J connectivity index is 1.45. The van der Waals surface area contributed by atoms with E-state index in [1.807, 2.05) is 17.8 Å². The van der Waals surface area contributed by atoms with Crippen LogP contribution in [0.1, 0.15) is 102 Å². The molecule has 1 N–H and O–H groups in total. The highest BCUT2D eigenvalue weighted by Crippen LogP contribution is 2.36. The Morgan fingerprint density at radius 3 is 2.45 bits per heavy atom. The number of piperazine rings is 1. The molecule has 222 valence electrons. The largest absolute Gasteiger partial charge is 0.347 e. The van der Waals surface area contributed by atoms with Gasteiger partial charge in [-0.3, -0.25) is 9.67 Å². The van der Waals surface area contributed by atoms with E-state index in [1.54, 1.807) is 6.08 Å². The molecule has 6 nitrogen and oxygen atoms in total. The third-order valence-electron chi connectivity index (χ3n) is 8.85. The summed E-state index contributed by atoms with van der Waals surface area (Å²) in [6, 6.07) is 0.340. The number of hydrogen-bond donors (Lipinski definition) is 1. The number of hydrogen-bond acceptors (Lipinski definition) is 4. The molecule has 2 aliphatic carbocycles. The van der Waals surface area contributed by atoms with Crippen molar-refractivity contribution in [1.29, 1.82) is 0 Å². The molecule has 8 heteroatoms. The molecule has 0 radical (unpaired) electrons. The van der Waals surface area contributed by atoms with Gasteiger partial charge >= 0.3 is 0 Å². The van der Waals surface area contributed by atoms with Crippen LogP contribution in [0.5, 0.6) is 0 Å². The summed E-state index contributed by atoms with van der Waals surface area (Å²) in [5, 5.41) is 7.91. The van der Waals surface area contributed by atoms with Gasteiger partial charge in [-0.1, -0.05) is 38.7 Å². The molecule has 0 bridgehead atoms. The Hall–Kier alpha value is -2.32. The Morgan fingerprint density at radius 2 is 1.85 bits per heavy atom. The van der Waals surface area contributed by atoms with E-state index in [1.165, 1.54) is 0 Å². The van der Waals surface area contributed by atoms with Gasteiger partial charge < -0.3 is 15.1 Å². The van der Waals surface area contributed by atoms with Crippen molar-refractivity contribution >= 4 is 11.4 Å². The first-order chi connectivity index (χ1) is 19.4. The van der Waals surface area contributed by atoms with E-state index in [0.717, 1.165) is 109 Å². The summed E-state index contributed by atoms with van der Waals surface area (Å²) in [6.45, 7) is 17.2. The standard InChI is InChI=1S/C32H50F2N6/c1-5-11-30(36-26-12-9-8-10-13-26)35-24(4)28(6-2)29-23-40(37-31(29)32(33)34)27-16-14-25(15-17-27)22-39-20-18-38(7-3)19-21-39/h6,9,12,23,25-27,32H,2,5,7-8,10-11,13-22H2,1,3-4H3,(H,35,36)/b28-24-. The average molecular weight is 557 g/mol. The second kappa shape index (κ2) is 15.1. The summed E-state index contributed by atoms with van der Waals surface area (Å²) in [5.74, 6) is 1.58. The van der Waals surface area contributed by atoms with Crippen LogP contribution >= 0.6 is 0 Å². The number of alkyl halides is 2. The molecule has 1 atom stereocenters. The maximum absolute atomic E-state index is 14.2. The molecule has 1 saturated carbocycles. The number of nitrogens with zero attached hydrogens (tertiary/aromatic N) is 5. The van der Waals surface area contributed by atoms with Crippen LogP contribution in [0.4, 0.5) is 8.78 Å². The third kappa shape index (κ3) is 8.12. The Bertz CT molecular complexity index is 1040. The van der Waals surface area contributed by atoms with Crippen LogP contribution in [0.3, 0.4) is 0 Å². The lowest BCUT2D eigenvalue weighted by molar-refractivity contribution is 0.107. The molecule has 1 unspecified atom stereocenters. The predicted octanol–water partition coefficient (Wildman–Crippen LogP) is 7.00. The molecule has 3 aliphatic rings. The first-order valence-corrected chi connectivity index (χ1v) is 15.6. The highest BCUT2D eigenvalue weighted by Gasteiger charge is 2.29. The molecule has 1 saturated heterocycles. The zero-order valence-corrected chi connectivity index (χ0v) is 24.9. The number of nitrogens with one attached hydrogen (secondary N) is 1. The van der Waals surface area contributed by atoms with Crippen molar-refractivity contribution in [3.05, 3.63) is 48.0 Å². The summed E-state index contributed by atoms with van der Waals surface area (Å²) in [7, 11) is 0. The van der Waals surface area contributed by atoms with Crippen LogP contribution in [0, 0.1) is 5.92 Å². The van der Waals surface area contributed by atoms with Gasteiger partial charge in [0.15, 0.2) is 0 Å². The fraction of sp³-hybridized carbons (Fsp3) is 0.688. The van der Waals surface area contributed by atoms with Crippen molar-refractivity contribution in [2.75, 3.05) is 39.3 Å². The van der Waals surface area contributed by atoms with Crippen LogP contribution in [0.15, 0.2) is 41.7 Å². The molecule has 40 heavy (non-hydrogen) atoms. The van der Waals surface area contributed by atoms with Gasteiger partial charge in [-0.05, 0) is 70.8 Å². The van der Waals surface area contributed by atoms with Crippen molar-refractivity contribution < 1.29 is 8.78 Å². The van der Waals surface area contributed by atoms with E-state index in [4.69, 9.17) is 4.99 Å². The van der Waals surface area contributed by atoms with Gasteiger partial charge in [0.1, 0.15) is 11.5 Å².